The van der Waals surface area contributed by atoms with Gasteiger partial charge in [0.25, 0.3) is 0 Å². The van der Waals surface area contributed by atoms with Crippen LogP contribution in [0.1, 0.15) is 38.5 Å². The first kappa shape index (κ1) is 15.3. The van der Waals surface area contributed by atoms with E-state index in [0.717, 1.165) is 41.9 Å². The molecule has 0 aliphatic heterocycles. The van der Waals surface area contributed by atoms with Crippen LogP contribution in [0.2, 0.25) is 0 Å². The van der Waals surface area contributed by atoms with Gasteiger partial charge in [0.2, 0.25) is 0 Å². The first-order chi connectivity index (χ1) is 9.74. The average Bonchev–Trinajstić information content (AvgIpc) is 2.87. The van der Waals surface area contributed by atoms with Gasteiger partial charge < -0.3 is 9.73 Å². The van der Waals surface area contributed by atoms with Gasteiger partial charge in [-0.25, -0.2) is 0 Å². The van der Waals surface area contributed by atoms with Crippen molar-refractivity contribution in [2.24, 2.45) is 0 Å². The molecule has 0 bridgehead atoms. The molecule has 4 heteroatoms. The van der Waals surface area contributed by atoms with E-state index in [1.54, 1.807) is 0 Å². The van der Waals surface area contributed by atoms with Crippen LogP contribution in [-0.4, -0.2) is 22.3 Å². The summed E-state index contributed by atoms with van der Waals surface area (Å²) in [5.41, 5.74) is 0.895. The highest BCUT2D eigenvalue weighted by atomic mass is 32.2. The molecule has 110 valence electrons. The predicted octanol–water partition coefficient (Wildman–Crippen LogP) is 3.63. The van der Waals surface area contributed by atoms with Gasteiger partial charge in [-0.15, -0.1) is 0 Å². The summed E-state index contributed by atoms with van der Waals surface area (Å²) in [6.07, 6.45) is 2.00. The Hall–Kier alpha value is -1.13. The molecule has 1 aromatic carbocycles. The summed E-state index contributed by atoms with van der Waals surface area (Å²) in [4.78, 5) is 0. The van der Waals surface area contributed by atoms with E-state index < -0.39 is 10.8 Å². The molecular weight excluding hydrogens is 270 g/mol. The fraction of sp³-hybridized carbons (Fsp3) is 0.500. The smallest absolute Gasteiger partial charge is 0.134 e. The third kappa shape index (κ3) is 3.93. The Balaban J connectivity index is 2.18. The van der Waals surface area contributed by atoms with Crippen LogP contribution in [0.15, 0.2) is 34.7 Å². The molecule has 0 saturated carbocycles. The van der Waals surface area contributed by atoms with Crippen LogP contribution in [0.5, 0.6) is 0 Å². The Bertz CT molecular complexity index is 531. The average molecular weight is 293 g/mol. The van der Waals surface area contributed by atoms with E-state index >= 15 is 0 Å². The molecule has 20 heavy (non-hydrogen) atoms. The maximum atomic E-state index is 12.0. The molecule has 1 N–H and O–H groups in total. The Kier molecular flexibility index (Phi) is 5.80. The molecule has 0 aliphatic carbocycles. The highest BCUT2D eigenvalue weighted by Gasteiger charge is 2.18. The second-order valence-electron chi connectivity index (χ2n) is 5.00. The van der Waals surface area contributed by atoms with Crippen LogP contribution in [0.4, 0.5) is 0 Å². The largest absolute Gasteiger partial charge is 0.459 e. The molecular formula is C16H23NO2S. The van der Waals surface area contributed by atoms with E-state index in [2.05, 4.69) is 25.2 Å². The summed E-state index contributed by atoms with van der Waals surface area (Å²) in [5.74, 6) is 2.27. The van der Waals surface area contributed by atoms with Crippen molar-refractivity contribution in [1.29, 1.82) is 0 Å². The molecule has 0 radical (unpaired) electrons. The molecule has 2 aromatic rings. The minimum absolute atomic E-state index is 0.0368. The first-order valence-electron chi connectivity index (χ1n) is 7.31. The van der Waals surface area contributed by atoms with Crippen molar-refractivity contribution in [3.05, 3.63) is 36.1 Å². The molecule has 1 heterocycles. The molecule has 2 unspecified atom stereocenters. The summed E-state index contributed by atoms with van der Waals surface area (Å²) >= 11 is 0. The lowest BCUT2D eigenvalue weighted by molar-refractivity contribution is 0.453. The SMILES string of the molecule is CCCNC(CS(=O)CCC)c1cc2ccccc2o1. The normalized spacial score (nSPS) is 14.5. The number of hydrogen-bond acceptors (Lipinski definition) is 3. The van der Waals surface area contributed by atoms with Crippen LogP contribution in [0.25, 0.3) is 11.0 Å². The van der Waals surface area contributed by atoms with Crippen LogP contribution in [0, 0.1) is 0 Å². The lowest BCUT2D eigenvalue weighted by Gasteiger charge is -2.15. The Labute approximate surface area is 123 Å². The van der Waals surface area contributed by atoms with Gasteiger partial charge in [-0.05, 0) is 31.5 Å². The van der Waals surface area contributed by atoms with Crippen molar-refractivity contribution in [2.75, 3.05) is 18.1 Å². The quantitative estimate of drug-likeness (QED) is 0.808. The maximum absolute atomic E-state index is 12.0. The van der Waals surface area contributed by atoms with Gasteiger partial charge in [-0.1, -0.05) is 32.0 Å². The zero-order valence-corrected chi connectivity index (χ0v) is 13.0. The van der Waals surface area contributed by atoms with Gasteiger partial charge in [0.05, 0.1) is 6.04 Å². The minimum Gasteiger partial charge on any atom is -0.459 e. The van der Waals surface area contributed by atoms with Gasteiger partial charge in [-0.2, -0.15) is 0 Å². The Morgan fingerprint density at radius 3 is 2.75 bits per heavy atom. The summed E-state index contributed by atoms with van der Waals surface area (Å²) in [5, 5.41) is 4.55. The molecule has 0 aliphatic rings. The zero-order chi connectivity index (χ0) is 14.4. The van der Waals surface area contributed by atoms with E-state index in [4.69, 9.17) is 4.42 Å². The molecule has 0 saturated heterocycles. The number of nitrogens with one attached hydrogen (secondary N) is 1. The molecule has 0 amide bonds. The van der Waals surface area contributed by atoms with Crippen molar-refractivity contribution < 1.29 is 8.63 Å². The van der Waals surface area contributed by atoms with Crippen molar-refractivity contribution in [1.82, 2.24) is 5.32 Å². The second-order valence-corrected chi connectivity index (χ2v) is 6.63. The number of fused-ring (bicyclic) bond motifs is 1. The number of rotatable bonds is 8. The van der Waals surface area contributed by atoms with Gasteiger partial charge in [0.15, 0.2) is 0 Å². The molecule has 2 rings (SSSR count). The molecule has 1 aromatic heterocycles. The Morgan fingerprint density at radius 1 is 1.25 bits per heavy atom. The number of furan rings is 1. The van der Waals surface area contributed by atoms with E-state index in [1.165, 1.54) is 0 Å². The topological polar surface area (TPSA) is 42.2 Å². The third-order valence-corrected chi connectivity index (χ3v) is 4.78. The van der Waals surface area contributed by atoms with Crippen LogP contribution < -0.4 is 5.32 Å². The fourth-order valence-electron chi connectivity index (χ4n) is 2.23. The lowest BCUT2D eigenvalue weighted by Crippen LogP contribution is -2.27. The molecule has 0 spiro atoms. The van der Waals surface area contributed by atoms with Gasteiger partial charge in [-0.3, -0.25) is 4.21 Å². The van der Waals surface area contributed by atoms with E-state index in [1.807, 2.05) is 24.3 Å². The molecule has 2 atom stereocenters. The van der Waals surface area contributed by atoms with Gasteiger partial charge in [0.1, 0.15) is 11.3 Å². The van der Waals surface area contributed by atoms with Crippen molar-refractivity contribution >= 4 is 21.8 Å². The fourth-order valence-corrected chi connectivity index (χ4v) is 3.51. The van der Waals surface area contributed by atoms with Crippen LogP contribution in [-0.2, 0) is 10.8 Å². The van der Waals surface area contributed by atoms with E-state index in [-0.39, 0.29) is 6.04 Å². The van der Waals surface area contributed by atoms with Crippen molar-refractivity contribution in [3.8, 4) is 0 Å². The van der Waals surface area contributed by atoms with E-state index in [0.29, 0.717) is 5.75 Å². The van der Waals surface area contributed by atoms with Gasteiger partial charge >= 0.3 is 0 Å². The summed E-state index contributed by atoms with van der Waals surface area (Å²) in [6, 6.07) is 10.1. The van der Waals surface area contributed by atoms with Crippen molar-refractivity contribution in [2.45, 2.75) is 32.7 Å². The number of hydrogen-bond donors (Lipinski definition) is 1. The van der Waals surface area contributed by atoms with Crippen molar-refractivity contribution in [3.63, 3.8) is 0 Å². The summed E-state index contributed by atoms with van der Waals surface area (Å²) < 4.78 is 17.9. The number of benzene rings is 1. The highest BCUT2D eigenvalue weighted by molar-refractivity contribution is 7.85. The summed E-state index contributed by atoms with van der Waals surface area (Å²) in [7, 11) is -0.798. The Morgan fingerprint density at radius 2 is 2.05 bits per heavy atom. The standard InChI is InChI=1S/C16H23NO2S/c1-3-9-17-14(12-20(18)10-4-2)16-11-13-7-5-6-8-15(13)19-16/h5-8,11,14,17H,3-4,9-10,12H2,1-2H3. The van der Waals surface area contributed by atoms with Crippen LogP contribution in [0.3, 0.4) is 0 Å². The third-order valence-electron chi connectivity index (χ3n) is 3.21. The second kappa shape index (κ2) is 7.60. The maximum Gasteiger partial charge on any atom is 0.134 e. The number of para-hydroxylation sites is 1. The molecule has 3 nitrogen and oxygen atoms in total. The molecule has 0 fully saturated rings. The predicted molar refractivity (Wildman–Crippen MR) is 85.4 cm³/mol. The minimum atomic E-state index is -0.798. The monoisotopic (exact) mass is 293 g/mol. The summed E-state index contributed by atoms with van der Waals surface area (Å²) in [6.45, 7) is 5.10. The highest BCUT2D eigenvalue weighted by Crippen LogP contribution is 2.24. The van der Waals surface area contributed by atoms with Gasteiger partial charge in [0, 0.05) is 27.7 Å². The first-order valence-corrected chi connectivity index (χ1v) is 8.80. The van der Waals surface area contributed by atoms with Crippen LogP contribution >= 0.6 is 0 Å². The van der Waals surface area contributed by atoms with E-state index in [9.17, 15) is 4.21 Å². The zero-order valence-electron chi connectivity index (χ0n) is 12.2. The lowest BCUT2D eigenvalue weighted by atomic mass is 10.2.